The molecular formula is C17H18N4O2S. The summed E-state index contributed by atoms with van der Waals surface area (Å²) in [4.78, 5) is 25.9. The lowest BCUT2D eigenvalue weighted by molar-refractivity contribution is 0.0943. The van der Waals surface area contributed by atoms with Crippen molar-refractivity contribution in [2.45, 2.75) is 33.7 Å². The normalized spacial score (nSPS) is 12.2. The van der Waals surface area contributed by atoms with Crippen molar-refractivity contribution in [3.8, 4) is 10.8 Å². The first-order valence-electron chi connectivity index (χ1n) is 7.58. The summed E-state index contributed by atoms with van der Waals surface area (Å²) in [6, 6.07) is 3.55. The first-order valence-corrected chi connectivity index (χ1v) is 8.40. The fourth-order valence-electron chi connectivity index (χ4n) is 2.53. The molecule has 0 radical (unpaired) electrons. The maximum atomic E-state index is 12.6. The molecule has 0 fully saturated rings. The second-order valence-electron chi connectivity index (χ2n) is 5.57. The number of hydrogen-bond acceptors (Lipinski definition) is 6. The van der Waals surface area contributed by atoms with Crippen LogP contribution in [0, 0.1) is 20.8 Å². The highest BCUT2D eigenvalue weighted by Gasteiger charge is 2.21. The summed E-state index contributed by atoms with van der Waals surface area (Å²) in [5.74, 6) is 2.03. The zero-order chi connectivity index (χ0) is 17.3. The van der Waals surface area contributed by atoms with E-state index in [1.54, 1.807) is 18.5 Å². The highest BCUT2D eigenvalue weighted by Crippen LogP contribution is 2.26. The Morgan fingerprint density at radius 3 is 2.58 bits per heavy atom. The average Bonchev–Trinajstić information content (AvgIpc) is 3.10. The van der Waals surface area contributed by atoms with E-state index in [0.29, 0.717) is 21.4 Å². The van der Waals surface area contributed by atoms with Gasteiger partial charge in [0.2, 0.25) is 0 Å². The van der Waals surface area contributed by atoms with Crippen molar-refractivity contribution >= 4 is 17.2 Å². The molecule has 7 heteroatoms. The molecule has 3 aromatic rings. The molecule has 3 aromatic heterocycles. The molecular weight excluding hydrogens is 324 g/mol. The molecule has 0 saturated carbocycles. The summed E-state index contributed by atoms with van der Waals surface area (Å²) in [7, 11) is 0. The molecule has 0 aliphatic rings. The number of carbonyl (C=O) groups excluding carboxylic acids is 1. The van der Waals surface area contributed by atoms with Gasteiger partial charge >= 0.3 is 0 Å². The van der Waals surface area contributed by atoms with E-state index in [2.05, 4.69) is 20.3 Å². The fourth-order valence-corrected chi connectivity index (χ4v) is 3.45. The summed E-state index contributed by atoms with van der Waals surface area (Å²) >= 11 is 1.30. The summed E-state index contributed by atoms with van der Waals surface area (Å²) in [6.45, 7) is 7.54. The molecule has 24 heavy (non-hydrogen) atoms. The Bertz CT molecular complexity index is 870. The van der Waals surface area contributed by atoms with Crippen molar-refractivity contribution in [3.05, 3.63) is 52.2 Å². The molecule has 3 rings (SSSR count). The lowest BCUT2D eigenvalue weighted by atomic mass is 10.1. The Kier molecular flexibility index (Phi) is 4.44. The minimum atomic E-state index is -0.155. The van der Waals surface area contributed by atoms with Crippen LogP contribution in [0.2, 0.25) is 0 Å². The average molecular weight is 342 g/mol. The third-order valence-electron chi connectivity index (χ3n) is 3.65. The minimum Gasteiger partial charge on any atom is -0.466 e. The number of furan rings is 1. The number of amides is 1. The summed E-state index contributed by atoms with van der Waals surface area (Å²) in [6.07, 6.45) is 3.32. The molecule has 1 N–H and O–H groups in total. The van der Waals surface area contributed by atoms with E-state index in [4.69, 9.17) is 4.42 Å². The van der Waals surface area contributed by atoms with E-state index >= 15 is 0 Å². The standard InChI is InChI=1S/C17H18N4O2S/c1-9-8-13(12(4)23-9)10(2)20-16(22)14-11(3)21-17(24-14)15-18-6-5-7-19-15/h5-8,10H,1-4H3,(H,20,22)/t10-/m1/s1. The van der Waals surface area contributed by atoms with Crippen LogP contribution in [0.4, 0.5) is 0 Å². The molecule has 0 aromatic carbocycles. The largest absolute Gasteiger partial charge is 0.466 e. The molecule has 124 valence electrons. The van der Waals surface area contributed by atoms with E-state index in [1.807, 2.05) is 33.8 Å². The molecule has 3 heterocycles. The van der Waals surface area contributed by atoms with Gasteiger partial charge in [-0.25, -0.2) is 15.0 Å². The second-order valence-corrected chi connectivity index (χ2v) is 6.57. The first kappa shape index (κ1) is 16.3. The molecule has 0 spiro atoms. The Balaban J connectivity index is 1.80. The van der Waals surface area contributed by atoms with Crippen molar-refractivity contribution in [2.24, 2.45) is 0 Å². The van der Waals surface area contributed by atoms with Crippen LogP contribution in [0.3, 0.4) is 0 Å². The highest BCUT2D eigenvalue weighted by molar-refractivity contribution is 7.17. The van der Waals surface area contributed by atoms with Crippen LogP contribution in [0.1, 0.15) is 45.4 Å². The zero-order valence-electron chi connectivity index (χ0n) is 14.0. The van der Waals surface area contributed by atoms with Crippen LogP contribution < -0.4 is 5.32 Å². The first-order chi connectivity index (χ1) is 11.5. The van der Waals surface area contributed by atoms with E-state index < -0.39 is 0 Å². The second kappa shape index (κ2) is 6.52. The fraction of sp³-hybridized carbons (Fsp3) is 0.294. The van der Waals surface area contributed by atoms with Crippen molar-refractivity contribution in [3.63, 3.8) is 0 Å². The summed E-state index contributed by atoms with van der Waals surface area (Å²) in [5.41, 5.74) is 1.65. The maximum Gasteiger partial charge on any atom is 0.263 e. The zero-order valence-corrected chi connectivity index (χ0v) is 14.8. The van der Waals surface area contributed by atoms with Gasteiger partial charge in [-0.15, -0.1) is 11.3 Å². The van der Waals surface area contributed by atoms with Gasteiger partial charge in [-0.1, -0.05) is 0 Å². The smallest absolute Gasteiger partial charge is 0.263 e. The molecule has 0 aliphatic heterocycles. The number of rotatable bonds is 4. The van der Waals surface area contributed by atoms with Gasteiger partial charge < -0.3 is 9.73 Å². The summed E-state index contributed by atoms with van der Waals surface area (Å²) in [5, 5.41) is 3.64. The molecule has 0 saturated heterocycles. The van der Waals surface area contributed by atoms with Gasteiger partial charge in [-0.2, -0.15) is 0 Å². The highest BCUT2D eigenvalue weighted by atomic mass is 32.1. The van der Waals surface area contributed by atoms with Gasteiger partial charge in [0, 0.05) is 18.0 Å². The monoisotopic (exact) mass is 342 g/mol. The third kappa shape index (κ3) is 3.21. The SMILES string of the molecule is Cc1cc([C@@H](C)NC(=O)c2sc(-c3ncccn3)nc2C)c(C)o1. The van der Waals surface area contributed by atoms with Crippen LogP contribution in [-0.2, 0) is 0 Å². The van der Waals surface area contributed by atoms with Crippen molar-refractivity contribution in [1.29, 1.82) is 0 Å². The Hall–Kier alpha value is -2.54. The van der Waals surface area contributed by atoms with E-state index in [1.165, 1.54) is 11.3 Å². The van der Waals surface area contributed by atoms with E-state index in [9.17, 15) is 4.79 Å². The number of hydrogen-bond donors (Lipinski definition) is 1. The van der Waals surface area contributed by atoms with Crippen LogP contribution >= 0.6 is 11.3 Å². The number of aryl methyl sites for hydroxylation is 3. The molecule has 0 unspecified atom stereocenters. The van der Waals surface area contributed by atoms with Gasteiger partial charge in [0.1, 0.15) is 16.4 Å². The third-order valence-corrected chi connectivity index (χ3v) is 4.81. The molecule has 0 aliphatic carbocycles. The van der Waals surface area contributed by atoms with Crippen molar-refractivity contribution in [2.75, 3.05) is 0 Å². The van der Waals surface area contributed by atoms with Crippen LogP contribution in [0.15, 0.2) is 28.9 Å². The van der Waals surface area contributed by atoms with E-state index in [-0.39, 0.29) is 11.9 Å². The van der Waals surface area contributed by atoms with Crippen LogP contribution in [-0.4, -0.2) is 20.9 Å². The van der Waals surface area contributed by atoms with Gasteiger partial charge in [0.25, 0.3) is 5.91 Å². The van der Waals surface area contributed by atoms with Gasteiger partial charge in [-0.05, 0) is 39.8 Å². The topological polar surface area (TPSA) is 80.9 Å². The van der Waals surface area contributed by atoms with Gasteiger partial charge in [0.05, 0.1) is 11.7 Å². The number of nitrogens with zero attached hydrogens (tertiary/aromatic N) is 3. The number of nitrogens with one attached hydrogen (secondary N) is 1. The molecule has 1 amide bonds. The van der Waals surface area contributed by atoms with Crippen LogP contribution in [0.25, 0.3) is 10.8 Å². The Labute approximate surface area is 144 Å². The van der Waals surface area contributed by atoms with Gasteiger partial charge in [0.15, 0.2) is 10.8 Å². The Morgan fingerprint density at radius 1 is 1.25 bits per heavy atom. The number of carbonyl (C=O) groups is 1. The quantitative estimate of drug-likeness (QED) is 0.783. The predicted molar refractivity (Wildman–Crippen MR) is 91.9 cm³/mol. The predicted octanol–water partition coefficient (Wildman–Crippen LogP) is 3.61. The van der Waals surface area contributed by atoms with E-state index in [0.717, 1.165) is 17.1 Å². The number of thiazole rings is 1. The lowest BCUT2D eigenvalue weighted by Gasteiger charge is -2.12. The maximum absolute atomic E-state index is 12.6. The number of aromatic nitrogens is 3. The van der Waals surface area contributed by atoms with Crippen LogP contribution in [0.5, 0.6) is 0 Å². The lowest BCUT2D eigenvalue weighted by Crippen LogP contribution is -2.26. The Morgan fingerprint density at radius 2 is 1.96 bits per heavy atom. The molecule has 0 bridgehead atoms. The minimum absolute atomic E-state index is 0.145. The van der Waals surface area contributed by atoms with Crippen molar-refractivity contribution in [1.82, 2.24) is 20.3 Å². The molecule has 1 atom stereocenters. The molecule has 6 nitrogen and oxygen atoms in total. The van der Waals surface area contributed by atoms with Crippen molar-refractivity contribution < 1.29 is 9.21 Å². The van der Waals surface area contributed by atoms with Gasteiger partial charge in [-0.3, -0.25) is 4.79 Å². The summed E-state index contributed by atoms with van der Waals surface area (Å²) < 4.78 is 5.53.